The zero-order valence-corrected chi connectivity index (χ0v) is 11.7. The maximum atomic E-state index is 12.1. The van der Waals surface area contributed by atoms with Crippen molar-refractivity contribution in [2.24, 2.45) is 0 Å². The van der Waals surface area contributed by atoms with Crippen molar-refractivity contribution >= 4 is 52.2 Å². The molecule has 19 heavy (non-hydrogen) atoms. The molecule has 0 aliphatic rings. The van der Waals surface area contributed by atoms with E-state index >= 15 is 0 Å². The molecule has 3 N–H and O–H groups in total. The van der Waals surface area contributed by atoms with Crippen LogP contribution in [0.2, 0.25) is 15.1 Å². The van der Waals surface area contributed by atoms with Crippen LogP contribution in [0.25, 0.3) is 0 Å². The number of nitrogens with zero attached hydrogens (tertiary/aromatic N) is 1. The molecule has 2 rings (SSSR count). The predicted molar refractivity (Wildman–Crippen MR) is 78.1 cm³/mol. The Morgan fingerprint density at radius 1 is 1.16 bits per heavy atom. The number of benzene rings is 1. The molecule has 0 saturated carbocycles. The van der Waals surface area contributed by atoms with Crippen molar-refractivity contribution in [2.45, 2.75) is 0 Å². The first-order valence-electron chi connectivity index (χ1n) is 5.15. The van der Waals surface area contributed by atoms with E-state index in [-0.39, 0.29) is 16.4 Å². The Balaban J connectivity index is 2.30. The standard InChI is InChI=1S/C12H8Cl3N3O/c13-6-1-2-8(14)10(3-6)18-12(19)7-4-11(16)17-5-9(7)15/h1-5H,(H2,16,17)(H,18,19). The summed E-state index contributed by atoms with van der Waals surface area (Å²) in [4.78, 5) is 15.8. The number of aromatic nitrogens is 1. The molecule has 0 unspecified atom stereocenters. The molecule has 0 atom stereocenters. The smallest absolute Gasteiger partial charge is 0.257 e. The van der Waals surface area contributed by atoms with Crippen LogP contribution >= 0.6 is 34.8 Å². The van der Waals surface area contributed by atoms with Gasteiger partial charge in [0.05, 0.1) is 21.3 Å². The summed E-state index contributed by atoms with van der Waals surface area (Å²) < 4.78 is 0. The molecular weight excluding hydrogens is 309 g/mol. The Morgan fingerprint density at radius 3 is 2.63 bits per heavy atom. The molecule has 1 heterocycles. The maximum Gasteiger partial charge on any atom is 0.257 e. The van der Waals surface area contributed by atoms with Gasteiger partial charge in [0.15, 0.2) is 0 Å². The van der Waals surface area contributed by atoms with Gasteiger partial charge in [-0.25, -0.2) is 4.98 Å². The normalized spacial score (nSPS) is 10.3. The summed E-state index contributed by atoms with van der Waals surface area (Å²) in [5.74, 6) is -0.241. The monoisotopic (exact) mass is 315 g/mol. The third-order valence-corrected chi connectivity index (χ3v) is 3.16. The number of pyridine rings is 1. The van der Waals surface area contributed by atoms with Crippen molar-refractivity contribution < 1.29 is 4.79 Å². The SMILES string of the molecule is Nc1cc(C(=O)Nc2cc(Cl)ccc2Cl)c(Cl)cn1. The van der Waals surface area contributed by atoms with Gasteiger partial charge in [-0.1, -0.05) is 34.8 Å². The number of carbonyl (C=O) groups excluding carboxylic acids is 1. The molecule has 0 aliphatic heterocycles. The lowest BCUT2D eigenvalue weighted by atomic mass is 10.2. The van der Waals surface area contributed by atoms with E-state index in [1.807, 2.05) is 0 Å². The van der Waals surface area contributed by atoms with Crippen molar-refractivity contribution in [2.75, 3.05) is 11.1 Å². The molecule has 0 saturated heterocycles. The molecule has 0 radical (unpaired) electrons. The highest BCUT2D eigenvalue weighted by Crippen LogP contribution is 2.26. The molecule has 0 fully saturated rings. The number of hydrogen-bond donors (Lipinski definition) is 2. The lowest BCUT2D eigenvalue weighted by Gasteiger charge is -2.09. The number of carbonyl (C=O) groups is 1. The summed E-state index contributed by atoms with van der Waals surface area (Å²) in [5.41, 5.74) is 6.12. The summed E-state index contributed by atoms with van der Waals surface area (Å²) in [6, 6.07) is 6.13. The number of hydrogen-bond acceptors (Lipinski definition) is 3. The highest BCUT2D eigenvalue weighted by atomic mass is 35.5. The highest BCUT2D eigenvalue weighted by Gasteiger charge is 2.13. The molecule has 0 bridgehead atoms. The van der Waals surface area contributed by atoms with Crippen LogP contribution in [0.3, 0.4) is 0 Å². The van der Waals surface area contributed by atoms with Gasteiger partial charge in [-0.05, 0) is 24.3 Å². The van der Waals surface area contributed by atoms with Crippen LogP contribution in [-0.4, -0.2) is 10.9 Å². The summed E-state index contributed by atoms with van der Waals surface area (Å²) in [6.07, 6.45) is 1.31. The average molecular weight is 317 g/mol. The number of nitrogens with two attached hydrogens (primary N) is 1. The van der Waals surface area contributed by atoms with Gasteiger partial charge < -0.3 is 11.1 Å². The summed E-state index contributed by atoms with van der Waals surface area (Å²) in [7, 11) is 0. The zero-order chi connectivity index (χ0) is 14.0. The minimum atomic E-state index is -0.441. The molecule has 0 spiro atoms. The number of amides is 1. The van der Waals surface area contributed by atoms with E-state index in [9.17, 15) is 4.79 Å². The van der Waals surface area contributed by atoms with E-state index in [2.05, 4.69) is 10.3 Å². The van der Waals surface area contributed by atoms with Gasteiger partial charge in [-0.3, -0.25) is 4.79 Å². The molecule has 7 heteroatoms. The van der Waals surface area contributed by atoms with Crippen molar-refractivity contribution in [3.63, 3.8) is 0 Å². The Morgan fingerprint density at radius 2 is 1.89 bits per heavy atom. The van der Waals surface area contributed by atoms with Crippen LogP contribution in [0.5, 0.6) is 0 Å². The zero-order valence-electron chi connectivity index (χ0n) is 9.45. The Kier molecular flexibility index (Phi) is 4.14. The summed E-state index contributed by atoms with van der Waals surface area (Å²) >= 11 is 17.7. The number of anilines is 2. The minimum Gasteiger partial charge on any atom is -0.384 e. The van der Waals surface area contributed by atoms with Gasteiger partial charge in [-0.2, -0.15) is 0 Å². The predicted octanol–water partition coefficient (Wildman–Crippen LogP) is 3.88. The van der Waals surface area contributed by atoms with E-state index < -0.39 is 5.91 Å². The van der Waals surface area contributed by atoms with Crippen molar-refractivity contribution in [3.05, 3.63) is 51.1 Å². The van der Waals surface area contributed by atoms with Crippen LogP contribution < -0.4 is 11.1 Å². The second-order valence-electron chi connectivity index (χ2n) is 3.67. The summed E-state index contributed by atoms with van der Waals surface area (Å²) in [5, 5.41) is 3.64. The lowest BCUT2D eigenvalue weighted by Crippen LogP contribution is -2.13. The van der Waals surface area contributed by atoms with Crippen LogP contribution in [0.4, 0.5) is 11.5 Å². The second-order valence-corrected chi connectivity index (χ2v) is 4.92. The highest BCUT2D eigenvalue weighted by molar-refractivity contribution is 6.37. The fraction of sp³-hybridized carbons (Fsp3) is 0. The minimum absolute atomic E-state index is 0.199. The van der Waals surface area contributed by atoms with Crippen LogP contribution in [0.15, 0.2) is 30.5 Å². The second kappa shape index (κ2) is 5.65. The molecule has 2 aromatic rings. The molecular formula is C12H8Cl3N3O. The fourth-order valence-electron chi connectivity index (χ4n) is 1.41. The molecule has 98 valence electrons. The van der Waals surface area contributed by atoms with Crippen molar-refractivity contribution in [1.82, 2.24) is 4.98 Å². The first kappa shape index (κ1) is 13.9. The van der Waals surface area contributed by atoms with E-state index in [0.29, 0.717) is 15.7 Å². The van der Waals surface area contributed by atoms with E-state index in [1.165, 1.54) is 12.3 Å². The van der Waals surface area contributed by atoms with Gasteiger partial charge in [0, 0.05) is 11.2 Å². The third kappa shape index (κ3) is 3.29. The quantitative estimate of drug-likeness (QED) is 0.883. The van der Waals surface area contributed by atoms with Crippen LogP contribution in [0, 0.1) is 0 Å². The van der Waals surface area contributed by atoms with Crippen LogP contribution in [-0.2, 0) is 0 Å². The number of rotatable bonds is 2. The largest absolute Gasteiger partial charge is 0.384 e. The van der Waals surface area contributed by atoms with Crippen LogP contribution in [0.1, 0.15) is 10.4 Å². The molecule has 4 nitrogen and oxygen atoms in total. The average Bonchev–Trinajstić information content (AvgIpc) is 2.36. The lowest BCUT2D eigenvalue weighted by molar-refractivity contribution is 0.102. The number of halogens is 3. The third-order valence-electron chi connectivity index (χ3n) is 2.30. The first-order chi connectivity index (χ1) is 8.97. The fourth-order valence-corrected chi connectivity index (χ4v) is 1.94. The molecule has 1 aromatic heterocycles. The van der Waals surface area contributed by atoms with Crippen molar-refractivity contribution in [1.29, 1.82) is 0 Å². The van der Waals surface area contributed by atoms with Gasteiger partial charge in [0.1, 0.15) is 5.82 Å². The maximum absolute atomic E-state index is 12.1. The Labute approximate surface area is 124 Å². The summed E-state index contributed by atoms with van der Waals surface area (Å²) in [6.45, 7) is 0. The first-order valence-corrected chi connectivity index (χ1v) is 6.28. The van der Waals surface area contributed by atoms with Gasteiger partial charge >= 0.3 is 0 Å². The Hall–Kier alpha value is -1.49. The van der Waals surface area contributed by atoms with Gasteiger partial charge in [0.2, 0.25) is 0 Å². The van der Waals surface area contributed by atoms with E-state index in [0.717, 1.165) is 0 Å². The topological polar surface area (TPSA) is 68.0 Å². The Bertz CT molecular complexity index is 646. The molecule has 1 amide bonds. The molecule has 0 aliphatic carbocycles. The van der Waals surface area contributed by atoms with Crippen molar-refractivity contribution in [3.8, 4) is 0 Å². The van der Waals surface area contributed by atoms with Gasteiger partial charge in [0.25, 0.3) is 5.91 Å². The van der Waals surface area contributed by atoms with E-state index in [4.69, 9.17) is 40.5 Å². The number of nitrogens with one attached hydrogen (secondary N) is 1. The van der Waals surface area contributed by atoms with Gasteiger partial charge in [-0.15, -0.1) is 0 Å². The number of nitrogen functional groups attached to an aromatic ring is 1. The molecule has 1 aromatic carbocycles. The van der Waals surface area contributed by atoms with E-state index in [1.54, 1.807) is 18.2 Å².